The highest BCUT2D eigenvalue weighted by molar-refractivity contribution is 5.97. The first kappa shape index (κ1) is 24.3. The van der Waals surface area contributed by atoms with Crippen molar-refractivity contribution in [3.63, 3.8) is 0 Å². The Bertz CT molecular complexity index is 1550. The Morgan fingerprint density at radius 2 is 2.03 bits per heavy atom. The second kappa shape index (κ2) is 9.26. The maximum absolute atomic E-state index is 14.6. The number of nitrogens with zero attached hydrogens (tertiary/aromatic N) is 3. The number of hydrogen-bond donors (Lipinski definition) is 3. The number of benzene rings is 2. The van der Waals surface area contributed by atoms with Gasteiger partial charge < -0.3 is 15.8 Å². The van der Waals surface area contributed by atoms with Gasteiger partial charge >= 0.3 is 0 Å². The van der Waals surface area contributed by atoms with Crippen LogP contribution in [0.2, 0.25) is 0 Å². The number of carbonyl (C=O) groups is 1. The Kier molecular flexibility index (Phi) is 6.10. The number of methoxy groups -OCH3 is 1. The van der Waals surface area contributed by atoms with Crippen LogP contribution in [0.1, 0.15) is 46.8 Å². The minimum Gasteiger partial charge on any atom is -0.496 e. The lowest BCUT2D eigenvalue weighted by atomic mass is 9.98. The molecule has 0 bridgehead atoms. The number of halogens is 3. The average Bonchev–Trinajstić information content (AvgIpc) is 3.45. The molecule has 1 saturated carbocycles. The third kappa shape index (κ3) is 4.39. The molecule has 9 nitrogen and oxygen atoms in total. The van der Waals surface area contributed by atoms with E-state index < -0.39 is 29.1 Å². The maximum Gasteiger partial charge on any atom is 0.275 e. The van der Waals surface area contributed by atoms with Crippen LogP contribution in [-0.2, 0) is 6.54 Å². The molecule has 192 valence electrons. The summed E-state index contributed by atoms with van der Waals surface area (Å²) in [6, 6.07) is 10.4. The predicted molar refractivity (Wildman–Crippen MR) is 130 cm³/mol. The van der Waals surface area contributed by atoms with Crippen LogP contribution < -0.4 is 21.3 Å². The Morgan fingerprint density at radius 1 is 1.27 bits per heavy atom. The second-order valence-electron chi connectivity index (χ2n) is 8.86. The van der Waals surface area contributed by atoms with Gasteiger partial charge in [-0.2, -0.15) is 10.2 Å². The number of nitrogens with one attached hydrogen (secondary N) is 2. The van der Waals surface area contributed by atoms with Crippen molar-refractivity contribution >= 4 is 22.6 Å². The van der Waals surface area contributed by atoms with Crippen LogP contribution in [0.4, 0.5) is 19.0 Å². The van der Waals surface area contributed by atoms with Crippen molar-refractivity contribution in [2.45, 2.75) is 37.6 Å². The quantitative estimate of drug-likeness (QED) is 0.362. The van der Waals surface area contributed by atoms with Gasteiger partial charge in [-0.15, -0.1) is 0 Å². The Hall–Kier alpha value is -4.35. The molecule has 1 fully saturated rings. The minimum absolute atomic E-state index is 0.000504. The van der Waals surface area contributed by atoms with Crippen LogP contribution in [0.5, 0.6) is 5.75 Å². The first-order valence-corrected chi connectivity index (χ1v) is 11.5. The van der Waals surface area contributed by atoms with E-state index in [1.807, 2.05) is 0 Å². The summed E-state index contributed by atoms with van der Waals surface area (Å²) in [4.78, 5) is 25.2. The topological polar surface area (TPSA) is 128 Å². The van der Waals surface area contributed by atoms with Gasteiger partial charge in [0.25, 0.3) is 17.4 Å². The fourth-order valence-electron chi connectivity index (χ4n) is 4.70. The number of aromatic nitrogens is 4. The summed E-state index contributed by atoms with van der Waals surface area (Å²) in [7, 11) is 1.39. The van der Waals surface area contributed by atoms with Gasteiger partial charge in [0.15, 0.2) is 5.82 Å². The van der Waals surface area contributed by atoms with E-state index in [2.05, 4.69) is 20.6 Å². The molecule has 2 heterocycles. The van der Waals surface area contributed by atoms with Crippen LogP contribution >= 0.6 is 0 Å². The van der Waals surface area contributed by atoms with E-state index in [1.165, 1.54) is 23.9 Å². The largest absolute Gasteiger partial charge is 0.496 e. The Labute approximate surface area is 208 Å². The van der Waals surface area contributed by atoms with Crippen molar-refractivity contribution in [1.29, 1.82) is 0 Å². The molecule has 4 N–H and O–H groups in total. The molecular weight excluding hydrogens is 489 g/mol. The number of nitrogen functional groups attached to an aromatic ring is 1. The third-order valence-electron chi connectivity index (χ3n) is 6.54. The average molecular weight is 512 g/mol. The highest BCUT2D eigenvalue weighted by Gasteiger charge is 2.47. The fraction of sp³-hybridized carbons (Fsp3) is 0.280. The number of hydrogen-bond acceptors (Lipinski definition) is 6. The first-order chi connectivity index (χ1) is 17.7. The molecule has 1 aliphatic rings. The molecule has 12 heteroatoms. The summed E-state index contributed by atoms with van der Waals surface area (Å²) in [6.07, 6.45) is 0.258. The van der Waals surface area contributed by atoms with Gasteiger partial charge in [0.1, 0.15) is 17.1 Å². The fourth-order valence-corrected chi connectivity index (χ4v) is 4.70. The molecule has 0 radical (unpaired) electrons. The van der Waals surface area contributed by atoms with E-state index in [9.17, 15) is 22.8 Å². The number of carbonyl (C=O) groups excluding carboxylic acids is 1. The van der Waals surface area contributed by atoms with Gasteiger partial charge in [-0.25, -0.2) is 23.0 Å². The molecule has 0 spiro atoms. The number of fused-ring (bicyclic) bond motifs is 1. The molecule has 1 unspecified atom stereocenters. The van der Waals surface area contributed by atoms with Gasteiger partial charge in [0, 0.05) is 13.0 Å². The molecule has 0 saturated heterocycles. The Morgan fingerprint density at radius 3 is 2.70 bits per heavy atom. The molecular formula is C25H23F3N6O3. The number of aromatic amines is 1. The summed E-state index contributed by atoms with van der Waals surface area (Å²) in [5, 5.41) is 13.2. The van der Waals surface area contributed by atoms with Gasteiger partial charge in [0.05, 0.1) is 35.4 Å². The summed E-state index contributed by atoms with van der Waals surface area (Å²) >= 11 is 0. The zero-order chi connectivity index (χ0) is 26.3. The van der Waals surface area contributed by atoms with Crippen molar-refractivity contribution in [3.8, 4) is 11.4 Å². The van der Waals surface area contributed by atoms with Crippen LogP contribution in [0.3, 0.4) is 0 Å². The van der Waals surface area contributed by atoms with E-state index >= 15 is 0 Å². The summed E-state index contributed by atoms with van der Waals surface area (Å²) < 4.78 is 49.2. The number of amides is 1. The van der Waals surface area contributed by atoms with Crippen molar-refractivity contribution in [1.82, 2.24) is 25.3 Å². The maximum atomic E-state index is 14.6. The standard InChI is InChI=1S/C25H23F3N6O3/c1-37-18-9-6-14(26)11-16(18)23(35)30-12-13-4-7-15(8-5-13)34-21-19(24(36)32-31-22(21)29)20(33-34)17-3-2-10-25(17,27)28/h4-9,11,17H,2-3,10,12H2,1H3,(H2,29,31)(H,30,35)(H,32,36). The summed E-state index contributed by atoms with van der Waals surface area (Å²) in [5.41, 5.74) is 6.77. The first-order valence-electron chi connectivity index (χ1n) is 11.5. The smallest absolute Gasteiger partial charge is 0.275 e. The van der Waals surface area contributed by atoms with E-state index in [4.69, 9.17) is 10.5 Å². The van der Waals surface area contributed by atoms with Crippen molar-refractivity contribution < 1.29 is 22.7 Å². The summed E-state index contributed by atoms with van der Waals surface area (Å²) in [6.45, 7) is 0.127. The molecule has 5 rings (SSSR count). The van der Waals surface area contributed by atoms with Crippen molar-refractivity contribution in [2.24, 2.45) is 0 Å². The van der Waals surface area contributed by atoms with Crippen LogP contribution in [0.15, 0.2) is 47.3 Å². The number of H-pyrrole nitrogens is 1. The molecule has 0 aliphatic heterocycles. The lowest BCUT2D eigenvalue weighted by Crippen LogP contribution is -2.23. The molecule has 2 aromatic carbocycles. The van der Waals surface area contributed by atoms with E-state index in [0.29, 0.717) is 17.7 Å². The minimum atomic E-state index is -2.98. The van der Waals surface area contributed by atoms with Crippen molar-refractivity contribution in [3.05, 3.63) is 75.5 Å². The Balaban J connectivity index is 1.44. The highest BCUT2D eigenvalue weighted by Crippen LogP contribution is 2.47. The zero-order valence-electron chi connectivity index (χ0n) is 19.7. The number of alkyl halides is 2. The van der Waals surface area contributed by atoms with E-state index in [1.54, 1.807) is 24.3 Å². The van der Waals surface area contributed by atoms with Crippen LogP contribution in [0, 0.1) is 5.82 Å². The number of anilines is 1. The lowest BCUT2D eigenvalue weighted by molar-refractivity contribution is -0.00980. The SMILES string of the molecule is COc1ccc(F)cc1C(=O)NCc1ccc(-n2nc(C3CCCC3(F)F)c3c(=O)[nH]nc(N)c32)cc1. The van der Waals surface area contributed by atoms with Crippen LogP contribution in [-0.4, -0.2) is 38.9 Å². The molecule has 1 atom stereocenters. The van der Waals surface area contributed by atoms with Crippen LogP contribution in [0.25, 0.3) is 16.6 Å². The third-order valence-corrected chi connectivity index (χ3v) is 6.54. The normalized spacial score (nSPS) is 16.7. The number of nitrogens with two attached hydrogens (primary N) is 1. The van der Waals surface area contributed by atoms with E-state index in [0.717, 1.165) is 6.07 Å². The molecule has 37 heavy (non-hydrogen) atoms. The predicted octanol–water partition coefficient (Wildman–Crippen LogP) is 3.67. The summed E-state index contributed by atoms with van der Waals surface area (Å²) in [5.74, 6) is -5.07. The zero-order valence-corrected chi connectivity index (χ0v) is 19.7. The van der Waals surface area contributed by atoms with Gasteiger partial charge in [-0.05, 0) is 48.7 Å². The molecule has 1 amide bonds. The van der Waals surface area contributed by atoms with Gasteiger partial charge in [-0.3, -0.25) is 9.59 Å². The molecule has 1 aliphatic carbocycles. The monoisotopic (exact) mass is 512 g/mol. The van der Waals surface area contributed by atoms with Crippen molar-refractivity contribution in [2.75, 3.05) is 12.8 Å². The number of rotatable bonds is 6. The van der Waals surface area contributed by atoms with E-state index in [-0.39, 0.29) is 53.1 Å². The molecule has 4 aromatic rings. The second-order valence-corrected chi connectivity index (χ2v) is 8.86. The lowest BCUT2D eigenvalue weighted by Gasteiger charge is -2.16. The van der Waals surface area contributed by atoms with Gasteiger partial charge in [0.2, 0.25) is 0 Å². The molecule has 2 aromatic heterocycles. The highest BCUT2D eigenvalue weighted by atomic mass is 19.3. The number of ether oxygens (including phenoxy) is 1. The van der Waals surface area contributed by atoms with Gasteiger partial charge in [-0.1, -0.05) is 12.1 Å².